The molecule has 2 rings (SSSR count). The maximum atomic E-state index is 12.1. The largest absolute Gasteiger partial charge is 0.462 e. The number of hydrogen-bond acceptors (Lipinski definition) is 12. The quantitative estimate of drug-likeness (QED) is 0.331. The molecule has 2 aromatic rings. The van der Waals surface area contributed by atoms with Crippen molar-refractivity contribution in [3.8, 4) is 0 Å². The number of ether oxygens (including phenoxy) is 5. The van der Waals surface area contributed by atoms with Crippen molar-refractivity contribution >= 4 is 63.0 Å². The Labute approximate surface area is 209 Å². The summed E-state index contributed by atoms with van der Waals surface area (Å²) in [7, 11) is 0. The Morgan fingerprint density at radius 2 is 1.40 bits per heavy atom. The first-order chi connectivity index (χ1) is 16.4. The summed E-state index contributed by atoms with van der Waals surface area (Å²) in [6.07, 6.45) is -5.87. The zero-order chi connectivity index (χ0) is 26.3. The molecule has 0 aliphatic carbocycles. The van der Waals surface area contributed by atoms with E-state index >= 15 is 0 Å². The Morgan fingerprint density at radius 1 is 0.829 bits per heavy atom. The first-order valence-electron chi connectivity index (χ1n) is 10.3. The number of rotatable bonds is 10. The van der Waals surface area contributed by atoms with Gasteiger partial charge in [0.05, 0.1) is 10.2 Å². The van der Waals surface area contributed by atoms with E-state index in [0.717, 1.165) is 46.0 Å². The predicted octanol–water partition coefficient (Wildman–Crippen LogP) is 2.91. The summed E-state index contributed by atoms with van der Waals surface area (Å²) in [6.45, 7) is 4.98. The molecular formula is C22H24ClNO10S. The highest BCUT2D eigenvalue weighted by Crippen LogP contribution is 2.35. The number of esters is 5. The van der Waals surface area contributed by atoms with E-state index in [-0.39, 0.29) is 5.01 Å². The average Bonchev–Trinajstić information content (AvgIpc) is 3.14. The Kier molecular flexibility index (Phi) is 9.96. The van der Waals surface area contributed by atoms with Crippen molar-refractivity contribution < 1.29 is 47.7 Å². The van der Waals surface area contributed by atoms with E-state index in [1.807, 2.05) is 0 Å². The monoisotopic (exact) mass is 529 g/mol. The Balaban J connectivity index is 2.65. The SMILES string of the molecule is CC(=O)OCC(OC(C)=O)C(OC(C)=O)C(OC(C)=O)C(OC(C)=O)c1nc2cc(Cl)ccc2s1. The van der Waals surface area contributed by atoms with Crippen molar-refractivity contribution in [2.24, 2.45) is 0 Å². The molecule has 0 N–H and O–H groups in total. The molecule has 0 amide bonds. The van der Waals surface area contributed by atoms with Crippen molar-refractivity contribution in [2.75, 3.05) is 6.61 Å². The van der Waals surface area contributed by atoms with Gasteiger partial charge in [-0.25, -0.2) is 4.98 Å². The first-order valence-corrected chi connectivity index (χ1v) is 11.4. The molecule has 0 aliphatic heterocycles. The van der Waals surface area contributed by atoms with Gasteiger partial charge in [0.25, 0.3) is 0 Å². The lowest BCUT2D eigenvalue weighted by atomic mass is 10.0. The fourth-order valence-corrected chi connectivity index (χ4v) is 4.30. The molecule has 0 saturated carbocycles. The van der Waals surface area contributed by atoms with Gasteiger partial charge in [0.1, 0.15) is 11.6 Å². The summed E-state index contributed by atoms with van der Waals surface area (Å²) in [5, 5.41) is 0.610. The number of nitrogens with zero attached hydrogens (tertiary/aromatic N) is 1. The summed E-state index contributed by atoms with van der Waals surface area (Å²) in [4.78, 5) is 63.7. The molecule has 35 heavy (non-hydrogen) atoms. The zero-order valence-corrected chi connectivity index (χ0v) is 21.1. The molecule has 11 nitrogen and oxygen atoms in total. The van der Waals surface area contributed by atoms with Crippen LogP contribution in [0, 0.1) is 0 Å². The number of halogens is 1. The lowest BCUT2D eigenvalue weighted by Gasteiger charge is -2.34. The number of fused-ring (bicyclic) bond motifs is 1. The smallest absolute Gasteiger partial charge is 0.303 e. The Bertz CT molecular complexity index is 1120. The van der Waals surface area contributed by atoms with Gasteiger partial charge in [-0.3, -0.25) is 24.0 Å². The third kappa shape index (κ3) is 8.48. The molecule has 13 heteroatoms. The maximum absolute atomic E-state index is 12.1. The molecule has 1 aromatic carbocycles. The number of benzene rings is 1. The van der Waals surface area contributed by atoms with Crippen molar-refractivity contribution in [1.29, 1.82) is 0 Å². The van der Waals surface area contributed by atoms with Gasteiger partial charge in [-0.15, -0.1) is 11.3 Å². The number of hydrogen-bond donors (Lipinski definition) is 0. The molecule has 0 bridgehead atoms. The lowest BCUT2D eigenvalue weighted by molar-refractivity contribution is -0.203. The second-order valence-electron chi connectivity index (χ2n) is 7.29. The molecule has 4 atom stereocenters. The van der Waals surface area contributed by atoms with Gasteiger partial charge in [0.2, 0.25) is 0 Å². The molecule has 0 aliphatic rings. The van der Waals surface area contributed by atoms with Crippen molar-refractivity contribution in [3.63, 3.8) is 0 Å². The van der Waals surface area contributed by atoms with Crippen LogP contribution in [0.25, 0.3) is 10.2 Å². The van der Waals surface area contributed by atoms with Gasteiger partial charge in [-0.1, -0.05) is 11.6 Å². The minimum Gasteiger partial charge on any atom is -0.462 e. The van der Waals surface area contributed by atoms with Crippen molar-refractivity contribution in [2.45, 2.75) is 59.0 Å². The summed E-state index contributed by atoms with van der Waals surface area (Å²) >= 11 is 7.16. The topological polar surface area (TPSA) is 144 Å². The summed E-state index contributed by atoms with van der Waals surface area (Å²) < 4.78 is 27.1. The highest BCUT2D eigenvalue weighted by molar-refractivity contribution is 7.18. The van der Waals surface area contributed by atoms with Crippen LogP contribution in [0.5, 0.6) is 0 Å². The molecule has 190 valence electrons. The number of carbonyl (C=O) groups excluding carboxylic acids is 5. The van der Waals surface area contributed by atoms with Crippen LogP contribution in [-0.4, -0.2) is 59.7 Å². The number of carbonyl (C=O) groups is 5. The van der Waals surface area contributed by atoms with Gasteiger partial charge in [-0.2, -0.15) is 0 Å². The number of aromatic nitrogens is 1. The summed E-state index contributed by atoms with van der Waals surface area (Å²) in [5.41, 5.74) is 0.483. The van der Waals surface area contributed by atoms with E-state index in [9.17, 15) is 24.0 Å². The molecule has 0 saturated heterocycles. The van der Waals surface area contributed by atoms with E-state index in [2.05, 4.69) is 4.98 Å². The van der Waals surface area contributed by atoms with Crippen LogP contribution < -0.4 is 0 Å². The fourth-order valence-electron chi connectivity index (χ4n) is 3.12. The van der Waals surface area contributed by atoms with Gasteiger partial charge >= 0.3 is 29.8 Å². The van der Waals surface area contributed by atoms with Gasteiger partial charge in [-0.05, 0) is 18.2 Å². The van der Waals surface area contributed by atoms with E-state index in [4.69, 9.17) is 35.3 Å². The Hall–Kier alpha value is -3.25. The van der Waals surface area contributed by atoms with Crippen LogP contribution in [0.1, 0.15) is 45.7 Å². The zero-order valence-electron chi connectivity index (χ0n) is 19.6. The molecule has 1 aromatic heterocycles. The van der Waals surface area contributed by atoms with E-state index < -0.39 is 60.9 Å². The van der Waals surface area contributed by atoms with E-state index in [0.29, 0.717) is 15.2 Å². The first kappa shape index (κ1) is 28.0. The van der Waals surface area contributed by atoms with Gasteiger partial charge in [0, 0.05) is 39.6 Å². The second-order valence-corrected chi connectivity index (χ2v) is 8.79. The van der Waals surface area contributed by atoms with Gasteiger partial charge < -0.3 is 23.7 Å². The molecule has 0 fully saturated rings. The van der Waals surface area contributed by atoms with Crippen molar-refractivity contribution in [1.82, 2.24) is 4.98 Å². The Morgan fingerprint density at radius 3 is 1.94 bits per heavy atom. The second kappa shape index (κ2) is 12.5. The normalized spacial score (nSPS) is 14.2. The highest BCUT2D eigenvalue weighted by Gasteiger charge is 2.45. The minimum absolute atomic E-state index is 0.190. The summed E-state index contributed by atoms with van der Waals surface area (Å²) in [6, 6.07) is 4.94. The minimum atomic E-state index is -1.54. The highest BCUT2D eigenvalue weighted by atomic mass is 35.5. The van der Waals surface area contributed by atoms with Gasteiger partial charge in [0.15, 0.2) is 24.4 Å². The van der Waals surface area contributed by atoms with Crippen LogP contribution in [0.2, 0.25) is 5.02 Å². The summed E-state index contributed by atoms with van der Waals surface area (Å²) in [5.74, 6) is -3.89. The predicted molar refractivity (Wildman–Crippen MR) is 122 cm³/mol. The molecular weight excluding hydrogens is 506 g/mol. The van der Waals surface area contributed by atoms with E-state index in [1.54, 1.807) is 18.2 Å². The average molecular weight is 530 g/mol. The van der Waals surface area contributed by atoms with E-state index in [1.165, 1.54) is 0 Å². The van der Waals surface area contributed by atoms with Crippen molar-refractivity contribution in [3.05, 3.63) is 28.2 Å². The maximum Gasteiger partial charge on any atom is 0.303 e. The number of thiazole rings is 1. The standard InChI is InChI=1S/C22H24ClNO10S/c1-10(25)30-9-17(31-11(2)26)19(32-12(3)27)20(33-13(4)28)21(34-14(5)29)22-24-16-8-15(23)6-7-18(16)35-22/h6-8,17,19-21H,9H2,1-5H3. The molecule has 0 radical (unpaired) electrons. The molecule has 0 spiro atoms. The van der Waals surface area contributed by atoms with Crippen LogP contribution in [0.15, 0.2) is 18.2 Å². The lowest BCUT2D eigenvalue weighted by Crippen LogP contribution is -2.50. The third-order valence-electron chi connectivity index (χ3n) is 4.26. The van der Waals surface area contributed by atoms with Crippen LogP contribution in [0.4, 0.5) is 0 Å². The fraction of sp³-hybridized carbons (Fsp3) is 0.455. The third-order valence-corrected chi connectivity index (χ3v) is 5.60. The van der Waals surface area contributed by atoms with Crippen LogP contribution >= 0.6 is 22.9 Å². The molecule has 1 heterocycles. The van der Waals surface area contributed by atoms with Crippen LogP contribution in [-0.2, 0) is 47.7 Å². The van der Waals surface area contributed by atoms with Crippen LogP contribution in [0.3, 0.4) is 0 Å². The molecule has 4 unspecified atom stereocenters.